The highest BCUT2D eigenvalue weighted by Crippen LogP contribution is 2.36. The molecule has 0 radical (unpaired) electrons. The summed E-state index contributed by atoms with van der Waals surface area (Å²) in [7, 11) is 2.95. The molecule has 2 aromatic carbocycles. The molecular formula is C20H18F3NO4. The van der Waals surface area contributed by atoms with Gasteiger partial charge in [-0.3, -0.25) is 0 Å². The van der Waals surface area contributed by atoms with Crippen molar-refractivity contribution >= 4 is 5.57 Å². The molecule has 5 nitrogen and oxygen atoms in total. The Morgan fingerprint density at radius 3 is 2.07 bits per heavy atom. The number of ether oxygens (including phenoxy) is 4. The molecule has 0 aliphatic rings. The van der Waals surface area contributed by atoms with E-state index in [4.69, 9.17) is 14.2 Å². The Labute approximate surface area is 160 Å². The lowest BCUT2D eigenvalue weighted by molar-refractivity contribution is -0.0533. The average Bonchev–Trinajstić information content (AvgIpc) is 2.66. The lowest BCUT2D eigenvalue weighted by atomic mass is 9.96. The van der Waals surface area contributed by atoms with E-state index in [1.165, 1.54) is 38.5 Å². The second-order valence-corrected chi connectivity index (χ2v) is 5.49. The van der Waals surface area contributed by atoms with E-state index in [1.54, 1.807) is 18.2 Å². The second kappa shape index (κ2) is 9.55. The highest BCUT2D eigenvalue weighted by molar-refractivity contribution is 5.83. The van der Waals surface area contributed by atoms with Gasteiger partial charge >= 0.3 is 6.61 Å². The summed E-state index contributed by atoms with van der Waals surface area (Å²) in [6.07, 6.45) is -0.476. The number of alkyl halides is 3. The molecule has 0 N–H and O–H groups in total. The number of halogens is 3. The number of rotatable bonds is 8. The van der Waals surface area contributed by atoms with Gasteiger partial charge in [-0.25, -0.2) is 4.39 Å². The molecule has 1 atom stereocenters. The molecule has 0 amide bonds. The van der Waals surface area contributed by atoms with Crippen molar-refractivity contribution in [3.05, 3.63) is 53.6 Å². The summed E-state index contributed by atoms with van der Waals surface area (Å²) in [5.41, 5.74) is 1.33. The van der Waals surface area contributed by atoms with Crippen molar-refractivity contribution < 1.29 is 32.1 Å². The van der Waals surface area contributed by atoms with E-state index >= 15 is 0 Å². The Morgan fingerprint density at radius 2 is 1.57 bits per heavy atom. The van der Waals surface area contributed by atoms with Crippen LogP contribution in [0.25, 0.3) is 5.57 Å². The van der Waals surface area contributed by atoms with Crippen LogP contribution in [0.1, 0.15) is 18.1 Å². The Bertz CT molecular complexity index is 869. The van der Waals surface area contributed by atoms with Gasteiger partial charge in [0, 0.05) is 19.1 Å². The maximum absolute atomic E-state index is 13.2. The van der Waals surface area contributed by atoms with Gasteiger partial charge in [-0.15, -0.1) is 0 Å². The summed E-state index contributed by atoms with van der Waals surface area (Å²) < 4.78 is 58.5. The van der Waals surface area contributed by atoms with Gasteiger partial charge < -0.3 is 18.9 Å². The van der Waals surface area contributed by atoms with E-state index in [1.807, 2.05) is 6.07 Å². The average molecular weight is 393 g/mol. The molecule has 0 heterocycles. The van der Waals surface area contributed by atoms with Crippen molar-refractivity contribution in [3.8, 4) is 29.1 Å². The number of nitriles is 1. The molecule has 2 aromatic rings. The molecule has 2 rings (SSSR count). The zero-order valence-electron chi connectivity index (χ0n) is 15.4. The molecule has 0 aliphatic carbocycles. The van der Waals surface area contributed by atoms with Gasteiger partial charge in [0.05, 0.1) is 20.3 Å². The van der Waals surface area contributed by atoms with Gasteiger partial charge in [0.25, 0.3) is 0 Å². The van der Waals surface area contributed by atoms with Gasteiger partial charge in [-0.2, -0.15) is 14.0 Å². The largest absolute Gasteiger partial charge is 0.497 e. The van der Waals surface area contributed by atoms with Crippen LogP contribution in [0, 0.1) is 11.3 Å². The van der Waals surface area contributed by atoms with Gasteiger partial charge in [0.2, 0.25) is 6.36 Å². The SMILES string of the molecule is COc1cc(OC)cc(/C(=C/C#N)c2ccc(OC(C)F)c(OC(F)F)c2)c1. The van der Waals surface area contributed by atoms with Gasteiger partial charge in [-0.05, 0) is 41.0 Å². The van der Waals surface area contributed by atoms with E-state index in [0.29, 0.717) is 28.2 Å². The van der Waals surface area contributed by atoms with Crippen LogP contribution in [0.2, 0.25) is 0 Å². The third-order valence-corrected chi connectivity index (χ3v) is 3.63. The predicted octanol–water partition coefficient (Wildman–Crippen LogP) is 4.95. The van der Waals surface area contributed by atoms with Crippen molar-refractivity contribution in [3.63, 3.8) is 0 Å². The minimum absolute atomic E-state index is 0.182. The van der Waals surface area contributed by atoms with E-state index in [-0.39, 0.29) is 11.5 Å². The monoisotopic (exact) mass is 393 g/mol. The molecule has 28 heavy (non-hydrogen) atoms. The molecule has 0 fully saturated rings. The number of hydrogen-bond donors (Lipinski definition) is 0. The van der Waals surface area contributed by atoms with Gasteiger partial charge in [0.15, 0.2) is 11.5 Å². The highest BCUT2D eigenvalue weighted by Gasteiger charge is 2.17. The van der Waals surface area contributed by atoms with Crippen LogP contribution >= 0.6 is 0 Å². The van der Waals surface area contributed by atoms with Crippen LogP contribution < -0.4 is 18.9 Å². The fourth-order valence-electron chi connectivity index (χ4n) is 2.50. The van der Waals surface area contributed by atoms with E-state index in [0.717, 1.165) is 6.92 Å². The number of methoxy groups -OCH3 is 2. The quantitative estimate of drug-likeness (QED) is 0.594. The van der Waals surface area contributed by atoms with Crippen molar-refractivity contribution in [2.75, 3.05) is 14.2 Å². The van der Waals surface area contributed by atoms with E-state index in [9.17, 15) is 18.4 Å². The summed E-state index contributed by atoms with van der Waals surface area (Å²) in [5, 5.41) is 9.19. The zero-order chi connectivity index (χ0) is 20.7. The van der Waals surface area contributed by atoms with Crippen molar-refractivity contribution in [1.82, 2.24) is 0 Å². The minimum Gasteiger partial charge on any atom is -0.497 e. The molecule has 0 spiro atoms. The van der Waals surface area contributed by atoms with Crippen molar-refractivity contribution in [2.45, 2.75) is 19.9 Å². The fraction of sp³-hybridized carbons (Fsp3) is 0.250. The second-order valence-electron chi connectivity index (χ2n) is 5.49. The summed E-state index contributed by atoms with van der Waals surface area (Å²) in [4.78, 5) is 0. The maximum Gasteiger partial charge on any atom is 0.387 e. The number of benzene rings is 2. The molecule has 0 aliphatic heterocycles. The Balaban J connectivity index is 2.58. The smallest absolute Gasteiger partial charge is 0.387 e. The van der Waals surface area contributed by atoms with Gasteiger partial charge in [-0.1, -0.05) is 6.07 Å². The summed E-state index contributed by atoms with van der Waals surface area (Å²) in [6.45, 7) is -2.02. The van der Waals surface area contributed by atoms with Crippen LogP contribution in [0.4, 0.5) is 13.2 Å². The van der Waals surface area contributed by atoms with Crippen LogP contribution in [-0.4, -0.2) is 27.2 Å². The predicted molar refractivity (Wildman–Crippen MR) is 96.5 cm³/mol. The molecule has 0 aromatic heterocycles. The summed E-state index contributed by atoms with van der Waals surface area (Å²) in [5.74, 6) is 0.427. The first kappa shape index (κ1) is 21.0. The van der Waals surface area contributed by atoms with Gasteiger partial charge in [0.1, 0.15) is 11.5 Å². The minimum atomic E-state index is -3.13. The highest BCUT2D eigenvalue weighted by atomic mass is 19.3. The Kier molecular flexibility index (Phi) is 7.15. The first-order chi connectivity index (χ1) is 13.4. The van der Waals surface area contributed by atoms with Crippen LogP contribution in [0.3, 0.4) is 0 Å². The summed E-state index contributed by atoms with van der Waals surface area (Å²) in [6, 6.07) is 10.9. The Hall–Kier alpha value is -3.34. The molecular weight excluding hydrogens is 375 g/mol. The summed E-state index contributed by atoms with van der Waals surface area (Å²) >= 11 is 0. The van der Waals surface area contributed by atoms with Crippen LogP contribution in [0.15, 0.2) is 42.5 Å². The third-order valence-electron chi connectivity index (χ3n) is 3.63. The molecule has 1 unspecified atom stereocenters. The molecule has 8 heteroatoms. The van der Waals surface area contributed by atoms with Crippen LogP contribution in [0.5, 0.6) is 23.0 Å². The third kappa shape index (κ3) is 5.33. The zero-order valence-corrected chi connectivity index (χ0v) is 15.4. The molecule has 0 saturated heterocycles. The first-order valence-corrected chi connectivity index (χ1v) is 8.11. The number of nitrogens with zero attached hydrogens (tertiary/aromatic N) is 1. The number of allylic oxidation sites excluding steroid dienone is 1. The molecule has 0 bridgehead atoms. The first-order valence-electron chi connectivity index (χ1n) is 8.11. The van der Waals surface area contributed by atoms with E-state index in [2.05, 4.69) is 4.74 Å². The van der Waals surface area contributed by atoms with Crippen molar-refractivity contribution in [2.24, 2.45) is 0 Å². The fourth-order valence-corrected chi connectivity index (χ4v) is 2.50. The number of hydrogen-bond acceptors (Lipinski definition) is 5. The Morgan fingerprint density at radius 1 is 0.929 bits per heavy atom. The lowest BCUT2D eigenvalue weighted by Gasteiger charge is -2.16. The standard InChI is InChI=1S/C20H18F3NO4/c1-12(21)27-18-5-4-13(10-19(18)28-20(22)23)17(6-7-24)14-8-15(25-2)11-16(9-14)26-3/h4-6,8-12,20H,1-3H3/b17-6+. The lowest BCUT2D eigenvalue weighted by Crippen LogP contribution is -2.08. The maximum atomic E-state index is 13.2. The van der Waals surface area contributed by atoms with Crippen molar-refractivity contribution in [1.29, 1.82) is 5.26 Å². The normalized spacial score (nSPS) is 12.3. The van der Waals surface area contributed by atoms with Crippen LogP contribution in [-0.2, 0) is 0 Å². The molecule has 148 valence electrons. The topological polar surface area (TPSA) is 60.7 Å². The van der Waals surface area contributed by atoms with E-state index < -0.39 is 13.0 Å². The molecule has 0 saturated carbocycles.